The predicted molar refractivity (Wildman–Crippen MR) is 96.1 cm³/mol. The van der Waals surface area contributed by atoms with Crippen LogP contribution in [0.15, 0.2) is 52.9 Å². The lowest BCUT2D eigenvalue weighted by molar-refractivity contribution is -0.132. The molecule has 1 heterocycles. The molecule has 0 aliphatic carbocycles. The van der Waals surface area contributed by atoms with Crippen molar-refractivity contribution in [2.45, 2.75) is 17.9 Å². The monoisotopic (exact) mass is 374 g/mol. The lowest BCUT2D eigenvalue weighted by Gasteiger charge is -2.10. The molecule has 1 aliphatic rings. The van der Waals surface area contributed by atoms with Crippen LogP contribution in [0, 0.1) is 0 Å². The smallest absolute Gasteiger partial charge is 0.331 e. The summed E-state index contributed by atoms with van der Waals surface area (Å²) in [6, 6.07) is 12.0. The number of ether oxygens (including phenoxy) is 2. The van der Waals surface area contributed by atoms with Gasteiger partial charge in [-0.1, -0.05) is 12.1 Å². The highest BCUT2D eigenvalue weighted by Crippen LogP contribution is 2.30. The molecule has 26 heavy (non-hydrogen) atoms. The zero-order chi connectivity index (χ0) is 18.7. The van der Waals surface area contributed by atoms with Crippen LogP contribution in [0.3, 0.4) is 0 Å². The van der Waals surface area contributed by atoms with Gasteiger partial charge in [-0.3, -0.25) is 0 Å². The summed E-state index contributed by atoms with van der Waals surface area (Å²) < 4.78 is 35.6. The summed E-state index contributed by atoms with van der Waals surface area (Å²) in [4.78, 5) is 11.4. The zero-order valence-electron chi connectivity index (χ0n) is 14.1. The lowest BCUT2D eigenvalue weighted by atomic mass is 10.1. The number of hydrogen-bond acceptors (Lipinski definition) is 5. The number of carboxylic acid groups (broad SMARTS) is 1. The number of rotatable bonds is 5. The van der Waals surface area contributed by atoms with Crippen LogP contribution >= 0.6 is 0 Å². The van der Waals surface area contributed by atoms with E-state index in [1.807, 2.05) is 24.3 Å². The van der Waals surface area contributed by atoms with Crippen molar-refractivity contribution in [1.29, 1.82) is 0 Å². The Balaban J connectivity index is 1.89. The van der Waals surface area contributed by atoms with Crippen LogP contribution in [0.5, 0.6) is 11.5 Å². The second-order valence-corrected chi connectivity index (χ2v) is 7.96. The predicted octanol–water partition coefficient (Wildman–Crippen LogP) is 2.92. The Morgan fingerprint density at radius 3 is 2.69 bits per heavy atom. The van der Waals surface area contributed by atoms with E-state index >= 15 is 0 Å². The van der Waals surface area contributed by atoms with E-state index in [1.54, 1.807) is 19.2 Å². The molecule has 0 amide bonds. The minimum Gasteiger partial charge on any atom is -0.497 e. The number of hydrogen-bond donors (Lipinski definition) is 1. The van der Waals surface area contributed by atoms with E-state index in [-0.39, 0.29) is 29.2 Å². The van der Waals surface area contributed by atoms with Gasteiger partial charge in [-0.25, -0.2) is 13.2 Å². The molecule has 1 aliphatic heterocycles. The molecular formula is C19H18O6S. The molecule has 2 aromatic rings. The molecule has 0 saturated carbocycles. The average Bonchev–Trinajstić information content (AvgIpc) is 2.76. The molecule has 0 atom stereocenters. The molecule has 7 heteroatoms. The van der Waals surface area contributed by atoms with Crippen molar-refractivity contribution in [2.24, 2.45) is 0 Å². The second kappa shape index (κ2) is 7.21. The standard InChI is InChI=1S/C19H18O6S/c1-24-16-4-2-3-13(9-16)12-25-17-5-6-18-15(11-17)10-14(19(20)21)7-8-26(18,22)23/h2-6,9-11H,7-8,12H2,1H3,(H,20,21). The third-order valence-electron chi connectivity index (χ3n) is 4.10. The first kappa shape index (κ1) is 18.0. The summed E-state index contributed by atoms with van der Waals surface area (Å²) in [5.74, 6) is -0.157. The van der Waals surface area contributed by atoms with E-state index in [0.29, 0.717) is 17.1 Å². The number of methoxy groups -OCH3 is 1. The second-order valence-electron chi connectivity index (χ2n) is 5.88. The molecule has 3 rings (SSSR count). The first-order valence-corrected chi connectivity index (χ1v) is 9.61. The molecule has 0 aromatic heterocycles. The quantitative estimate of drug-likeness (QED) is 0.865. The van der Waals surface area contributed by atoms with Crippen LogP contribution in [0.4, 0.5) is 0 Å². The van der Waals surface area contributed by atoms with Crippen molar-refractivity contribution < 1.29 is 27.8 Å². The van der Waals surface area contributed by atoms with Crippen LogP contribution in [0.2, 0.25) is 0 Å². The third-order valence-corrected chi connectivity index (χ3v) is 5.88. The van der Waals surface area contributed by atoms with Gasteiger partial charge in [0.1, 0.15) is 18.1 Å². The summed E-state index contributed by atoms with van der Waals surface area (Å²) in [6.45, 7) is 0.276. The van der Waals surface area contributed by atoms with Crippen molar-refractivity contribution in [1.82, 2.24) is 0 Å². The fraction of sp³-hybridized carbons (Fsp3) is 0.211. The Hall–Kier alpha value is -2.80. The van der Waals surface area contributed by atoms with Crippen molar-refractivity contribution in [3.8, 4) is 11.5 Å². The van der Waals surface area contributed by atoms with Crippen LogP contribution in [-0.4, -0.2) is 32.4 Å². The summed E-state index contributed by atoms with van der Waals surface area (Å²) >= 11 is 0. The summed E-state index contributed by atoms with van der Waals surface area (Å²) in [5.41, 5.74) is 1.30. The molecule has 0 spiro atoms. The van der Waals surface area contributed by atoms with Crippen molar-refractivity contribution >= 4 is 21.9 Å². The lowest BCUT2D eigenvalue weighted by Crippen LogP contribution is -2.08. The van der Waals surface area contributed by atoms with Gasteiger partial charge < -0.3 is 14.6 Å². The normalized spacial score (nSPS) is 15.3. The topological polar surface area (TPSA) is 89.9 Å². The molecule has 0 radical (unpaired) electrons. The Bertz CT molecular complexity index is 975. The van der Waals surface area contributed by atoms with Gasteiger partial charge in [-0.05, 0) is 54.0 Å². The molecule has 0 bridgehead atoms. The molecule has 136 valence electrons. The molecule has 1 N–H and O–H groups in total. The summed E-state index contributed by atoms with van der Waals surface area (Å²) in [5, 5.41) is 9.22. The maximum Gasteiger partial charge on any atom is 0.331 e. The van der Waals surface area contributed by atoms with Crippen LogP contribution in [0.1, 0.15) is 17.5 Å². The van der Waals surface area contributed by atoms with E-state index in [9.17, 15) is 18.3 Å². The minimum atomic E-state index is -3.53. The first-order valence-electron chi connectivity index (χ1n) is 7.95. The van der Waals surface area contributed by atoms with Gasteiger partial charge in [-0.2, -0.15) is 0 Å². The molecule has 0 unspecified atom stereocenters. The molecule has 0 saturated heterocycles. The maximum atomic E-state index is 12.3. The Kier molecular flexibility index (Phi) is 4.99. The highest BCUT2D eigenvalue weighted by atomic mass is 32.2. The maximum absolute atomic E-state index is 12.3. The van der Waals surface area contributed by atoms with Gasteiger partial charge in [0.05, 0.1) is 17.8 Å². The van der Waals surface area contributed by atoms with Gasteiger partial charge in [0.15, 0.2) is 9.84 Å². The van der Waals surface area contributed by atoms with Crippen molar-refractivity contribution in [3.05, 3.63) is 59.2 Å². The van der Waals surface area contributed by atoms with E-state index in [1.165, 1.54) is 12.1 Å². The van der Waals surface area contributed by atoms with Gasteiger partial charge >= 0.3 is 5.97 Å². The van der Waals surface area contributed by atoms with Gasteiger partial charge in [0.25, 0.3) is 0 Å². The number of carboxylic acids is 1. The van der Waals surface area contributed by atoms with Gasteiger partial charge in [0.2, 0.25) is 0 Å². The number of benzene rings is 2. The number of carbonyl (C=O) groups is 1. The van der Waals surface area contributed by atoms with Gasteiger partial charge in [-0.15, -0.1) is 0 Å². The van der Waals surface area contributed by atoms with E-state index in [4.69, 9.17) is 9.47 Å². The van der Waals surface area contributed by atoms with E-state index in [2.05, 4.69) is 0 Å². The fourth-order valence-electron chi connectivity index (χ4n) is 2.72. The molecule has 6 nitrogen and oxygen atoms in total. The highest BCUT2D eigenvalue weighted by Gasteiger charge is 2.24. The highest BCUT2D eigenvalue weighted by molar-refractivity contribution is 7.91. The minimum absolute atomic E-state index is 0.0215. The molecule has 2 aromatic carbocycles. The number of aliphatic carboxylic acids is 1. The molecular weight excluding hydrogens is 356 g/mol. The third kappa shape index (κ3) is 3.88. The SMILES string of the molecule is COc1cccc(COc2ccc3c(c2)C=C(C(=O)O)CCS3(=O)=O)c1. The van der Waals surface area contributed by atoms with Crippen LogP contribution in [-0.2, 0) is 21.2 Å². The van der Waals surface area contributed by atoms with E-state index < -0.39 is 15.8 Å². The largest absolute Gasteiger partial charge is 0.497 e. The number of fused-ring (bicyclic) bond motifs is 1. The summed E-state index contributed by atoms with van der Waals surface area (Å²) in [6.07, 6.45) is 1.38. The summed E-state index contributed by atoms with van der Waals surface area (Å²) in [7, 11) is -1.94. The first-order chi connectivity index (χ1) is 12.4. The van der Waals surface area contributed by atoms with Crippen LogP contribution in [0.25, 0.3) is 6.08 Å². The van der Waals surface area contributed by atoms with Gasteiger partial charge in [0, 0.05) is 5.57 Å². The average molecular weight is 374 g/mol. The van der Waals surface area contributed by atoms with Crippen molar-refractivity contribution in [3.63, 3.8) is 0 Å². The van der Waals surface area contributed by atoms with Crippen LogP contribution < -0.4 is 9.47 Å². The van der Waals surface area contributed by atoms with Crippen molar-refractivity contribution in [2.75, 3.05) is 12.9 Å². The number of sulfone groups is 1. The van der Waals surface area contributed by atoms with E-state index in [0.717, 1.165) is 5.56 Å². The Labute approximate surface area is 151 Å². The zero-order valence-corrected chi connectivity index (χ0v) is 15.0. The Morgan fingerprint density at radius 2 is 1.96 bits per heavy atom. The molecule has 0 fully saturated rings. The fourth-order valence-corrected chi connectivity index (χ4v) is 4.18. The Morgan fingerprint density at radius 1 is 1.15 bits per heavy atom.